The number of nitrogens with zero attached hydrogens (tertiary/aromatic N) is 3. The van der Waals surface area contributed by atoms with Crippen molar-refractivity contribution in [1.82, 2.24) is 9.55 Å². The third-order valence-electron chi connectivity index (χ3n) is 5.28. The third-order valence-corrected chi connectivity index (χ3v) is 5.61. The van der Waals surface area contributed by atoms with Crippen molar-refractivity contribution in [2.75, 3.05) is 44.4 Å². The van der Waals surface area contributed by atoms with Gasteiger partial charge in [-0.15, -0.1) is 0 Å². The van der Waals surface area contributed by atoms with Gasteiger partial charge < -0.3 is 19.1 Å². The van der Waals surface area contributed by atoms with Crippen LogP contribution in [-0.4, -0.2) is 55.4 Å². The predicted molar refractivity (Wildman–Crippen MR) is 108 cm³/mol. The van der Waals surface area contributed by atoms with Gasteiger partial charge in [0.2, 0.25) is 0 Å². The van der Waals surface area contributed by atoms with Gasteiger partial charge in [0.15, 0.2) is 6.29 Å². The fourth-order valence-corrected chi connectivity index (χ4v) is 3.99. The molecule has 0 N–H and O–H groups in total. The van der Waals surface area contributed by atoms with Gasteiger partial charge >= 0.3 is 0 Å². The number of aromatic nitrogens is 2. The molecule has 8 heteroatoms. The molecule has 0 spiro atoms. The molecule has 0 amide bonds. The largest absolute Gasteiger partial charge is 0.378 e. The quantitative estimate of drug-likeness (QED) is 0.657. The van der Waals surface area contributed by atoms with Gasteiger partial charge in [0.1, 0.15) is 11.3 Å². The summed E-state index contributed by atoms with van der Waals surface area (Å²) in [4.78, 5) is 19.8. The van der Waals surface area contributed by atoms with Crippen LogP contribution in [0.2, 0.25) is 5.02 Å². The molecule has 0 radical (unpaired) electrons. The van der Waals surface area contributed by atoms with Gasteiger partial charge in [0, 0.05) is 31.2 Å². The Balaban J connectivity index is 1.52. The number of ether oxygens (including phenoxy) is 3. The Labute approximate surface area is 169 Å². The second-order valence-corrected chi connectivity index (χ2v) is 7.54. The molecule has 2 aromatic heterocycles. The number of aryl methyl sites for hydroxylation is 1. The van der Waals surface area contributed by atoms with Crippen LogP contribution in [0.5, 0.6) is 0 Å². The van der Waals surface area contributed by atoms with E-state index in [1.807, 2.05) is 6.07 Å². The zero-order chi connectivity index (χ0) is 19.3. The summed E-state index contributed by atoms with van der Waals surface area (Å²) in [5.41, 5.74) is 1.32. The standard InChI is InChI=1S/C20H26ClN3O4/c21-16-5-6-22-19-15(16)14-17(23-8-10-26-11-9-23)20(25)24(19)7-3-1-2-4-18-27-12-13-28-18/h5-6,14,18H,1-4,7-13H2. The first kappa shape index (κ1) is 19.6. The van der Waals surface area contributed by atoms with Crippen LogP contribution in [0.25, 0.3) is 11.0 Å². The number of anilines is 1. The molecule has 2 fully saturated rings. The van der Waals surface area contributed by atoms with Gasteiger partial charge in [-0.05, 0) is 31.4 Å². The summed E-state index contributed by atoms with van der Waals surface area (Å²) in [6.45, 7) is 4.67. The van der Waals surface area contributed by atoms with Gasteiger partial charge in [-0.3, -0.25) is 9.36 Å². The molecule has 28 heavy (non-hydrogen) atoms. The average Bonchev–Trinajstić information content (AvgIpc) is 3.23. The number of unbranched alkanes of at least 4 members (excludes halogenated alkanes) is 2. The summed E-state index contributed by atoms with van der Waals surface area (Å²) >= 11 is 6.42. The molecule has 0 unspecified atom stereocenters. The summed E-state index contributed by atoms with van der Waals surface area (Å²) in [5.74, 6) is 0. The molecule has 0 aromatic carbocycles. The minimum absolute atomic E-state index is 0.00775. The first-order chi connectivity index (χ1) is 13.7. The van der Waals surface area contributed by atoms with Gasteiger partial charge in [0.25, 0.3) is 5.56 Å². The lowest BCUT2D eigenvalue weighted by Crippen LogP contribution is -2.40. The van der Waals surface area contributed by atoms with Crippen molar-refractivity contribution in [3.63, 3.8) is 0 Å². The first-order valence-electron chi connectivity index (χ1n) is 9.98. The van der Waals surface area contributed by atoms with E-state index in [9.17, 15) is 4.79 Å². The minimum atomic E-state index is -0.0614. The molecule has 4 heterocycles. The number of pyridine rings is 2. The molecule has 152 valence electrons. The van der Waals surface area contributed by atoms with Crippen LogP contribution in [0.4, 0.5) is 5.69 Å². The minimum Gasteiger partial charge on any atom is -0.378 e. The monoisotopic (exact) mass is 407 g/mol. The van der Waals surface area contributed by atoms with Crippen molar-refractivity contribution in [3.8, 4) is 0 Å². The number of hydrogen-bond donors (Lipinski definition) is 0. The van der Waals surface area contributed by atoms with E-state index in [4.69, 9.17) is 25.8 Å². The van der Waals surface area contributed by atoms with Crippen LogP contribution < -0.4 is 10.5 Å². The number of rotatable bonds is 7. The third kappa shape index (κ3) is 4.33. The Morgan fingerprint density at radius 1 is 1.11 bits per heavy atom. The second-order valence-electron chi connectivity index (χ2n) is 7.14. The zero-order valence-electron chi connectivity index (χ0n) is 15.9. The van der Waals surface area contributed by atoms with Crippen LogP contribution in [0.1, 0.15) is 25.7 Å². The Bertz CT molecular complexity index is 860. The first-order valence-corrected chi connectivity index (χ1v) is 10.4. The van der Waals surface area contributed by atoms with Gasteiger partial charge in [-0.25, -0.2) is 4.98 Å². The summed E-state index contributed by atoms with van der Waals surface area (Å²) in [6, 6.07) is 3.65. The fraction of sp³-hybridized carbons (Fsp3) is 0.600. The van der Waals surface area contributed by atoms with Gasteiger partial charge in [-0.1, -0.05) is 18.0 Å². The Hall–Kier alpha value is -1.67. The Morgan fingerprint density at radius 2 is 1.89 bits per heavy atom. The van der Waals surface area contributed by atoms with Crippen LogP contribution in [0, 0.1) is 0 Å². The van der Waals surface area contributed by atoms with Crippen LogP contribution >= 0.6 is 11.6 Å². The molecule has 2 aliphatic heterocycles. The van der Waals surface area contributed by atoms with E-state index in [-0.39, 0.29) is 11.8 Å². The topological polar surface area (TPSA) is 65.8 Å². The van der Waals surface area contributed by atoms with E-state index in [1.165, 1.54) is 0 Å². The summed E-state index contributed by atoms with van der Waals surface area (Å²) in [7, 11) is 0. The van der Waals surface area contributed by atoms with E-state index >= 15 is 0 Å². The molecule has 0 atom stereocenters. The molecule has 0 bridgehead atoms. The van der Waals surface area contributed by atoms with Crippen molar-refractivity contribution in [2.45, 2.75) is 38.5 Å². The molecular weight excluding hydrogens is 382 g/mol. The molecule has 7 nitrogen and oxygen atoms in total. The number of halogens is 1. The van der Waals surface area contributed by atoms with Crippen molar-refractivity contribution >= 4 is 28.3 Å². The maximum Gasteiger partial charge on any atom is 0.275 e. The van der Waals surface area contributed by atoms with E-state index in [0.29, 0.717) is 62.4 Å². The van der Waals surface area contributed by atoms with Crippen LogP contribution in [-0.2, 0) is 20.8 Å². The number of hydrogen-bond acceptors (Lipinski definition) is 6. The summed E-state index contributed by atoms with van der Waals surface area (Å²) in [5, 5.41) is 1.43. The van der Waals surface area contributed by atoms with Gasteiger partial charge in [-0.2, -0.15) is 0 Å². The highest BCUT2D eigenvalue weighted by atomic mass is 35.5. The highest BCUT2D eigenvalue weighted by Crippen LogP contribution is 2.25. The highest BCUT2D eigenvalue weighted by molar-refractivity contribution is 6.35. The molecule has 2 aromatic rings. The van der Waals surface area contributed by atoms with Crippen molar-refractivity contribution in [1.29, 1.82) is 0 Å². The maximum atomic E-state index is 13.2. The van der Waals surface area contributed by atoms with E-state index in [0.717, 1.165) is 31.1 Å². The van der Waals surface area contributed by atoms with Crippen LogP contribution in [0.15, 0.2) is 23.1 Å². The number of fused-ring (bicyclic) bond motifs is 1. The van der Waals surface area contributed by atoms with E-state index < -0.39 is 0 Å². The number of morpholine rings is 1. The predicted octanol–water partition coefficient (Wildman–Crippen LogP) is 2.82. The lowest BCUT2D eigenvalue weighted by molar-refractivity contribution is -0.0480. The highest BCUT2D eigenvalue weighted by Gasteiger charge is 2.19. The van der Waals surface area contributed by atoms with Crippen molar-refractivity contribution in [2.24, 2.45) is 0 Å². The van der Waals surface area contributed by atoms with E-state index in [2.05, 4.69) is 9.88 Å². The maximum absolute atomic E-state index is 13.2. The van der Waals surface area contributed by atoms with Crippen molar-refractivity contribution in [3.05, 3.63) is 33.7 Å². The Kier molecular flexibility index (Phi) is 6.47. The average molecular weight is 408 g/mol. The molecule has 0 saturated carbocycles. The molecule has 0 aliphatic carbocycles. The summed E-state index contributed by atoms with van der Waals surface area (Å²) in [6.07, 6.45) is 5.39. The van der Waals surface area contributed by atoms with Crippen LogP contribution in [0.3, 0.4) is 0 Å². The SMILES string of the molecule is O=c1c(N2CCOCC2)cc2c(Cl)ccnc2n1CCCCCC1OCCO1. The normalized spacial score (nSPS) is 18.2. The zero-order valence-corrected chi connectivity index (χ0v) is 16.7. The molecule has 2 aliphatic rings. The summed E-state index contributed by atoms with van der Waals surface area (Å²) < 4.78 is 18.1. The lowest BCUT2D eigenvalue weighted by atomic mass is 10.1. The molecular formula is C20H26ClN3O4. The molecule has 4 rings (SSSR count). The second kappa shape index (κ2) is 9.22. The van der Waals surface area contributed by atoms with Crippen molar-refractivity contribution < 1.29 is 14.2 Å². The lowest BCUT2D eigenvalue weighted by Gasteiger charge is -2.29. The fourth-order valence-electron chi connectivity index (χ4n) is 3.79. The van der Waals surface area contributed by atoms with E-state index in [1.54, 1.807) is 16.8 Å². The smallest absolute Gasteiger partial charge is 0.275 e. The van der Waals surface area contributed by atoms with Gasteiger partial charge in [0.05, 0.1) is 31.5 Å². The Morgan fingerprint density at radius 3 is 2.68 bits per heavy atom. The molecule has 2 saturated heterocycles.